The van der Waals surface area contributed by atoms with Crippen molar-refractivity contribution in [2.45, 2.75) is 32.5 Å². The van der Waals surface area contributed by atoms with Gasteiger partial charge in [-0.2, -0.15) is 0 Å². The van der Waals surface area contributed by atoms with Crippen LogP contribution in [0, 0.1) is 0 Å². The summed E-state index contributed by atoms with van der Waals surface area (Å²) in [4.78, 5) is 14.5. The number of urea groups is 1. The fourth-order valence-corrected chi connectivity index (χ4v) is 3.22. The van der Waals surface area contributed by atoms with Crippen molar-refractivity contribution in [3.63, 3.8) is 0 Å². The van der Waals surface area contributed by atoms with Crippen LogP contribution in [-0.2, 0) is 19.5 Å². The number of carbonyl (C=O) groups excluding carboxylic acids is 1. The highest BCUT2D eigenvalue weighted by Gasteiger charge is 2.28. The van der Waals surface area contributed by atoms with Gasteiger partial charge in [0.1, 0.15) is 0 Å². The zero-order valence-electron chi connectivity index (χ0n) is 14.9. The summed E-state index contributed by atoms with van der Waals surface area (Å²) in [5, 5.41) is 3.01. The molecule has 1 aliphatic heterocycles. The Morgan fingerprint density at radius 1 is 1.12 bits per heavy atom. The molecule has 1 atom stereocenters. The van der Waals surface area contributed by atoms with Crippen molar-refractivity contribution in [2.24, 2.45) is 0 Å². The first-order valence-electron chi connectivity index (χ1n) is 8.44. The Morgan fingerprint density at radius 2 is 1.76 bits per heavy atom. The molecule has 0 bridgehead atoms. The second-order valence-corrected chi connectivity index (χ2v) is 6.30. The SMILES string of the molecule is COc1cc2c(cc1OC)CN(C(=O)NCc1ccccc1)C(C)C2. The number of carbonyl (C=O) groups is 1. The number of nitrogens with zero attached hydrogens (tertiary/aromatic N) is 1. The summed E-state index contributed by atoms with van der Waals surface area (Å²) in [6, 6.07) is 14.0. The highest BCUT2D eigenvalue weighted by atomic mass is 16.5. The Hall–Kier alpha value is -2.69. The molecule has 2 aromatic carbocycles. The van der Waals surface area contributed by atoms with Gasteiger partial charge in [-0.05, 0) is 42.2 Å². The Balaban J connectivity index is 1.73. The van der Waals surface area contributed by atoms with Crippen LogP contribution in [0.2, 0.25) is 0 Å². The number of hydrogen-bond donors (Lipinski definition) is 1. The molecule has 1 N–H and O–H groups in total. The van der Waals surface area contributed by atoms with E-state index >= 15 is 0 Å². The number of hydrogen-bond acceptors (Lipinski definition) is 3. The highest BCUT2D eigenvalue weighted by molar-refractivity contribution is 5.75. The number of benzene rings is 2. The van der Waals surface area contributed by atoms with Crippen LogP contribution in [0.1, 0.15) is 23.6 Å². The van der Waals surface area contributed by atoms with E-state index in [1.165, 1.54) is 5.56 Å². The lowest BCUT2D eigenvalue weighted by molar-refractivity contribution is 0.168. The number of rotatable bonds is 4. The maximum Gasteiger partial charge on any atom is 0.318 e. The summed E-state index contributed by atoms with van der Waals surface area (Å²) in [6.07, 6.45) is 0.800. The molecule has 0 spiro atoms. The molecule has 1 heterocycles. The van der Waals surface area contributed by atoms with Gasteiger partial charge in [0.25, 0.3) is 0 Å². The minimum Gasteiger partial charge on any atom is -0.493 e. The lowest BCUT2D eigenvalue weighted by Crippen LogP contribution is -2.47. The fourth-order valence-electron chi connectivity index (χ4n) is 3.22. The number of methoxy groups -OCH3 is 2. The third kappa shape index (κ3) is 3.71. The van der Waals surface area contributed by atoms with Gasteiger partial charge < -0.3 is 19.7 Å². The molecule has 132 valence electrons. The molecule has 0 saturated carbocycles. The van der Waals surface area contributed by atoms with Gasteiger partial charge in [0.2, 0.25) is 0 Å². The molecule has 0 saturated heterocycles. The van der Waals surface area contributed by atoms with E-state index < -0.39 is 0 Å². The largest absolute Gasteiger partial charge is 0.493 e. The molecule has 0 fully saturated rings. The van der Waals surface area contributed by atoms with Gasteiger partial charge >= 0.3 is 6.03 Å². The predicted octanol–water partition coefficient (Wildman–Crippen LogP) is 3.36. The summed E-state index contributed by atoms with van der Waals surface area (Å²) < 4.78 is 10.8. The predicted molar refractivity (Wildman–Crippen MR) is 96.9 cm³/mol. The zero-order chi connectivity index (χ0) is 17.8. The maximum absolute atomic E-state index is 12.6. The van der Waals surface area contributed by atoms with Crippen molar-refractivity contribution in [3.05, 3.63) is 59.2 Å². The lowest BCUT2D eigenvalue weighted by atomic mass is 9.94. The van der Waals surface area contributed by atoms with Gasteiger partial charge in [0, 0.05) is 19.1 Å². The minimum atomic E-state index is -0.0446. The first-order chi connectivity index (χ1) is 12.1. The molecule has 0 radical (unpaired) electrons. The summed E-state index contributed by atoms with van der Waals surface area (Å²) in [5.41, 5.74) is 3.40. The summed E-state index contributed by atoms with van der Waals surface area (Å²) in [5.74, 6) is 1.43. The van der Waals surface area contributed by atoms with Gasteiger partial charge in [-0.25, -0.2) is 4.79 Å². The molecular weight excluding hydrogens is 316 g/mol. The van der Waals surface area contributed by atoms with Crippen LogP contribution in [0.4, 0.5) is 4.79 Å². The van der Waals surface area contributed by atoms with Crippen LogP contribution in [-0.4, -0.2) is 31.2 Å². The van der Waals surface area contributed by atoms with Gasteiger partial charge in [-0.3, -0.25) is 0 Å². The first-order valence-corrected chi connectivity index (χ1v) is 8.44. The number of amides is 2. The van der Waals surface area contributed by atoms with Crippen LogP contribution in [0.3, 0.4) is 0 Å². The van der Waals surface area contributed by atoms with Crippen LogP contribution < -0.4 is 14.8 Å². The first kappa shape index (κ1) is 17.1. The molecule has 0 aliphatic carbocycles. The Kier molecular flexibility index (Phi) is 5.12. The van der Waals surface area contributed by atoms with Gasteiger partial charge in [0.05, 0.1) is 14.2 Å². The standard InChI is InChI=1S/C20H24N2O3/c1-14-9-16-10-18(24-2)19(25-3)11-17(16)13-22(14)20(23)21-12-15-7-5-4-6-8-15/h4-8,10-11,14H,9,12-13H2,1-3H3,(H,21,23). The quantitative estimate of drug-likeness (QED) is 0.928. The molecular formula is C20H24N2O3. The molecule has 5 heteroatoms. The highest BCUT2D eigenvalue weighted by Crippen LogP contribution is 2.34. The third-order valence-electron chi connectivity index (χ3n) is 4.64. The average molecular weight is 340 g/mol. The second-order valence-electron chi connectivity index (χ2n) is 6.30. The molecule has 1 unspecified atom stereocenters. The van der Waals surface area contributed by atoms with Crippen LogP contribution >= 0.6 is 0 Å². The lowest BCUT2D eigenvalue weighted by Gasteiger charge is -2.35. The van der Waals surface area contributed by atoms with Crippen molar-refractivity contribution < 1.29 is 14.3 Å². The fraction of sp³-hybridized carbons (Fsp3) is 0.350. The molecule has 25 heavy (non-hydrogen) atoms. The second kappa shape index (κ2) is 7.47. The average Bonchev–Trinajstić information content (AvgIpc) is 2.65. The molecule has 1 aliphatic rings. The van der Waals surface area contributed by atoms with Crippen molar-refractivity contribution in [2.75, 3.05) is 14.2 Å². The van der Waals surface area contributed by atoms with Gasteiger partial charge in [-0.1, -0.05) is 30.3 Å². The van der Waals surface area contributed by atoms with Gasteiger partial charge in [-0.15, -0.1) is 0 Å². The molecule has 5 nitrogen and oxygen atoms in total. The molecule has 2 aromatic rings. The topological polar surface area (TPSA) is 50.8 Å². The number of nitrogens with one attached hydrogen (secondary N) is 1. The van der Waals surface area contributed by atoms with E-state index in [1.54, 1.807) is 14.2 Å². The molecule has 0 aromatic heterocycles. The third-order valence-corrected chi connectivity index (χ3v) is 4.64. The van der Waals surface area contributed by atoms with E-state index in [0.29, 0.717) is 18.8 Å². The zero-order valence-corrected chi connectivity index (χ0v) is 14.9. The van der Waals surface area contributed by atoms with E-state index in [-0.39, 0.29) is 12.1 Å². The Morgan fingerprint density at radius 3 is 2.40 bits per heavy atom. The summed E-state index contributed by atoms with van der Waals surface area (Å²) in [7, 11) is 3.26. The normalized spacial score (nSPS) is 16.1. The van der Waals surface area contributed by atoms with Crippen molar-refractivity contribution in [3.8, 4) is 11.5 Å². The molecule has 3 rings (SSSR count). The Labute approximate surface area is 148 Å². The van der Waals surface area contributed by atoms with Crippen molar-refractivity contribution in [1.29, 1.82) is 0 Å². The summed E-state index contributed by atoms with van der Waals surface area (Å²) in [6.45, 7) is 3.17. The van der Waals surface area contributed by atoms with Gasteiger partial charge in [0.15, 0.2) is 11.5 Å². The van der Waals surface area contributed by atoms with E-state index in [0.717, 1.165) is 23.3 Å². The summed E-state index contributed by atoms with van der Waals surface area (Å²) >= 11 is 0. The van der Waals surface area contributed by atoms with Crippen LogP contribution in [0.5, 0.6) is 11.5 Å². The van der Waals surface area contributed by atoms with E-state index in [9.17, 15) is 4.79 Å². The number of fused-ring (bicyclic) bond motifs is 1. The van der Waals surface area contributed by atoms with E-state index in [4.69, 9.17) is 9.47 Å². The van der Waals surface area contributed by atoms with Crippen LogP contribution in [0.15, 0.2) is 42.5 Å². The Bertz CT molecular complexity index is 746. The van der Waals surface area contributed by atoms with Crippen molar-refractivity contribution >= 4 is 6.03 Å². The number of ether oxygens (including phenoxy) is 2. The monoisotopic (exact) mass is 340 g/mol. The molecule has 2 amide bonds. The maximum atomic E-state index is 12.6. The van der Waals surface area contributed by atoms with Crippen molar-refractivity contribution in [1.82, 2.24) is 10.2 Å². The minimum absolute atomic E-state index is 0.0446. The van der Waals surface area contributed by atoms with Crippen LogP contribution in [0.25, 0.3) is 0 Å². The van der Waals surface area contributed by atoms with E-state index in [1.807, 2.05) is 47.4 Å². The van der Waals surface area contributed by atoms with E-state index in [2.05, 4.69) is 12.2 Å². The smallest absolute Gasteiger partial charge is 0.318 e.